The van der Waals surface area contributed by atoms with Gasteiger partial charge in [-0.2, -0.15) is 0 Å². The van der Waals surface area contributed by atoms with E-state index in [1.807, 2.05) is 26.0 Å². The third-order valence-electron chi connectivity index (χ3n) is 2.61. The number of rotatable bonds is 5. The largest absolute Gasteiger partial charge is 0.468 e. The summed E-state index contributed by atoms with van der Waals surface area (Å²) in [6.07, 6.45) is 2.62. The van der Waals surface area contributed by atoms with E-state index in [0.717, 1.165) is 36.7 Å². The maximum absolute atomic E-state index is 5.22. The van der Waals surface area contributed by atoms with Crippen LogP contribution in [-0.4, -0.2) is 11.7 Å². The van der Waals surface area contributed by atoms with E-state index in [-0.39, 0.29) is 12.4 Å². The first-order valence-electron chi connectivity index (χ1n) is 5.42. The summed E-state index contributed by atoms with van der Waals surface area (Å²) in [5.74, 6) is 1.87. The number of furan rings is 1. The molecule has 2 heterocycles. The Balaban J connectivity index is 0.00000144. The van der Waals surface area contributed by atoms with Gasteiger partial charge in [-0.05, 0) is 38.9 Å². The maximum atomic E-state index is 5.22. The average Bonchev–Trinajstić information content (AvgIpc) is 2.87. The van der Waals surface area contributed by atoms with Crippen molar-refractivity contribution in [3.8, 4) is 0 Å². The summed E-state index contributed by atoms with van der Waals surface area (Å²) in [6.45, 7) is 5.57. The summed E-state index contributed by atoms with van der Waals surface area (Å²) >= 11 is 0. The zero-order valence-electron chi connectivity index (χ0n) is 10.0. The number of aromatic nitrogens is 1. The second kappa shape index (κ2) is 6.47. The van der Waals surface area contributed by atoms with Crippen LogP contribution in [0.25, 0.3) is 0 Å². The zero-order valence-corrected chi connectivity index (χ0v) is 10.8. The lowest BCUT2D eigenvalue weighted by molar-refractivity contribution is 0.392. The average molecular weight is 257 g/mol. The first-order chi connectivity index (χ1) is 7.77. The van der Waals surface area contributed by atoms with Gasteiger partial charge in [0.15, 0.2) is 0 Å². The summed E-state index contributed by atoms with van der Waals surface area (Å²) in [7, 11) is 0. The highest BCUT2D eigenvalue weighted by atomic mass is 35.5. The number of nitrogens with zero attached hydrogens (tertiary/aromatic N) is 1. The fourth-order valence-corrected chi connectivity index (χ4v) is 1.70. The molecule has 0 aliphatic heterocycles. The van der Waals surface area contributed by atoms with Crippen LogP contribution in [0.4, 0.5) is 0 Å². The van der Waals surface area contributed by atoms with Crippen molar-refractivity contribution >= 4 is 12.4 Å². The topological polar surface area (TPSA) is 51.2 Å². The Morgan fingerprint density at radius 3 is 2.76 bits per heavy atom. The molecule has 0 radical (unpaired) electrons. The Morgan fingerprint density at radius 2 is 2.18 bits per heavy atom. The van der Waals surface area contributed by atoms with E-state index in [1.54, 1.807) is 6.26 Å². The van der Waals surface area contributed by atoms with Gasteiger partial charge in [-0.15, -0.1) is 12.4 Å². The molecule has 0 atom stereocenters. The predicted molar refractivity (Wildman–Crippen MR) is 67.3 cm³/mol. The summed E-state index contributed by atoms with van der Waals surface area (Å²) < 4.78 is 10.3. The van der Waals surface area contributed by atoms with E-state index < -0.39 is 0 Å². The third-order valence-corrected chi connectivity index (χ3v) is 2.61. The van der Waals surface area contributed by atoms with Gasteiger partial charge >= 0.3 is 0 Å². The number of aryl methyl sites for hydroxylation is 2. The van der Waals surface area contributed by atoms with Crippen molar-refractivity contribution in [3.63, 3.8) is 0 Å². The quantitative estimate of drug-likeness (QED) is 0.836. The predicted octanol–water partition coefficient (Wildman–Crippen LogP) is 2.64. The Bertz CT molecular complexity index is 418. The molecule has 0 aliphatic rings. The minimum absolute atomic E-state index is 0. The highest BCUT2D eigenvalue weighted by Crippen LogP contribution is 2.12. The number of hydrogen-bond donors (Lipinski definition) is 1. The van der Waals surface area contributed by atoms with Gasteiger partial charge < -0.3 is 14.3 Å². The Morgan fingerprint density at radius 1 is 1.35 bits per heavy atom. The fourth-order valence-electron chi connectivity index (χ4n) is 1.70. The maximum Gasteiger partial charge on any atom is 0.137 e. The molecular weight excluding hydrogens is 240 g/mol. The molecule has 0 saturated carbocycles. The van der Waals surface area contributed by atoms with Crippen LogP contribution in [0.15, 0.2) is 27.3 Å². The SMILES string of the molecule is Cc1noc(C)c1CCNCc1ccco1.Cl. The van der Waals surface area contributed by atoms with Crippen LogP contribution < -0.4 is 5.32 Å². The summed E-state index contributed by atoms with van der Waals surface area (Å²) in [5, 5.41) is 7.24. The lowest BCUT2D eigenvalue weighted by Crippen LogP contribution is -2.16. The number of hydrogen-bond acceptors (Lipinski definition) is 4. The smallest absolute Gasteiger partial charge is 0.137 e. The van der Waals surface area contributed by atoms with E-state index >= 15 is 0 Å². The molecule has 0 amide bonds. The second-order valence-electron chi connectivity index (χ2n) is 3.81. The fraction of sp³-hybridized carbons (Fsp3) is 0.417. The molecule has 4 nitrogen and oxygen atoms in total. The van der Waals surface area contributed by atoms with Crippen LogP contribution in [0.1, 0.15) is 22.8 Å². The van der Waals surface area contributed by atoms with Crippen molar-refractivity contribution in [2.75, 3.05) is 6.54 Å². The van der Waals surface area contributed by atoms with Gasteiger partial charge in [0, 0.05) is 5.56 Å². The van der Waals surface area contributed by atoms with E-state index in [0.29, 0.717) is 0 Å². The molecule has 0 bridgehead atoms. The van der Waals surface area contributed by atoms with E-state index in [9.17, 15) is 0 Å². The summed E-state index contributed by atoms with van der Waals surface area (Å²) in [6, 6.07) is 3.86. The van der Waals surface area contributed by atoms with Crippen molar-refractivity contribution in [1.82, 2.24) is 10.5 Å². The molecule has 2 aromatic heterocycles. The molecule has 5 heteroatoms. The van der Waals surface area contributed by atoms with Gasteiger partial charge in [0.05, 0.1) is 18.5 Å². The molecule has 2 rings (SSSR count). The second-order valence-corrected chi connectivity index (χ2v) is 3.81. The molecule has 0 spiro atoms. The lowest BCUT2D eigenvalue weighted by atomic mass is 10.1. The summed E-state index contributed by atoms with van der Waals surface area (Å²) in [4.78, 5) is 0. The minimum atomic E-state index is 0. The highest BCUT2D eigenvalue weighted by molar-refractivity contribution is 5.85. The van der Waals surface area contributed by atoms with Crippen molar-refractivity contribution in [3.05, 3.63) is 41.2 Å². The van der Waals surface area contributed by atoms with E-state index in [4.69, 9.17) is 8.94 Å². The van der Waals surface area contributed by atoms with E-state index in [1.165, 1.54) is 5.56 Å². The molecule has 2 aromatic rings. The van der Waals surface area contributed by atoms with Crippen molar-refractivity contribution in [2.24, 2.45) is 0 Å². The van der Waals surface area contributed by atoms with Crippen molar-refractivity contribution < 1.29 is 8.94 Å². The van der Waals surface area contributed by atoms with E-state index in [2.05, 4.69) is 10.5 Å². The molecular formula is C12H17ClN2O2. The first kappa shape index (κ1) is 13.8. The van der Waals surface area contributed by atoms with Gasteiger partial charge in [0.2, 0.25) is 0 Å². The standard InChI is InChI=1S/C12H16N2O2.ClH/c1-9-12(10(2)16-14-9)5-6-13-8-11-4-3-7-15-11;/h3-4,7,13H,5-6,8H2,1-2H3;1H. The molecule has 1 N–H and O–H groups in total. The molecule has 17 heavy (non-hydrogen) atoms. The molecule has 94 valence electrons. The first-order valence-corrected chi connectivity index (χ1v) is 5.42. The van der Waals surface area contributed by atoms with Gasteiger partial charge in [-0.25, -0.2) is 0 Å². The molecule has 0 saturated heterocycles. The van der Waals surface area contributed by atoms with Crippen LogP contribution in [0, 0.1) is 13.8 Å². The van der Waals surface area contributed by atoms with Crippen molar-refractivity contribution in [2.45, 2.75) is 26.8 Å². The van der Waals surface area contributed by atoms with Crippen LogP contribution in [0.2, 0.25) is 0 Å². The monoisotopic (exact) mass is 256 g/mol. The third kappa shape index (κ3) is 3.61. The van der Waals surface area contributed by atoms with Gasteiger partial charge in [-0.3, -0.25) is 0 Å². The molecule has 0 aromatic carbocycles. The van der Waals surface area contributed by atoms with Crippen LogP contribution in [-0.2, 0) is 13.0 Å². The highest BCUT2D eigenvalue weighted by Gasteiger charge is 2.07. The van der Waals surface area contributed by atoms with Gasteiger partial charge in [0.1, 0.15) is 11.5 Å². The Hall–Kier alpha value is -1.26. The molecule has 0 aliphatic carbocycles. The Labute approximate surface area is 107 Å². The molecule has 0 unspecified atom stereocenters. The molecule has 0 fully saturated rings. The summed E-state index contributed by atoms with van der Waals surface area (Å²) in [5.41, 5.74) is 2.18. The lowest BCUT2D eigenvalue weighted by Gasteiger charge is -2.02. The van der Waals surface area contributed by atoms with Crippen molar-refractivity contribution in [1.29, 1.82) is 0 Å². The van der Waals surface area contributed by atoms with Gasteiger partial charge in [0.25, 0.3) is 0 Å². The van der Waals surface area contributed by atoms with Crippen LogP contribution in [0.3, 0.4) is 0 Å². The number of nitrogens with one attached hydrogen (secondary N) is 1. The minimum Gasteiger partial charge on any atom is -0.468 e. The normalized spacial score (nSPS) is 10.2. The Kier molecular flexibility index (Phi) is 5.25. The number of halogens is 1. The zero-order chi connectivity index (χ0) is 11.4. The van der Waals surface area contributed by atoms with Crippen LogP contribution >= 0.6 is 12.4 Å². The van der Waals surface area contributed by atoms with Crippen LogP contribution in [0.5, 0.6) is 0 Å². The van der Waals surface area contributed by atoms with Gasteiger partial charge in [-0.1, -0.05) is 5.16 Å².